The van der Waals surface area contributed by atoms with Gasteiger partial charge in [-0.05, 0) is 25.8 Å². The quantitative estimate of drug-likeness (QED) is 0.802. The Morgan fingerprint density at radius 1 is 1.20 bits per heavy atom. The molecule has 112 valence electrons. The second kappa shape index (κ2) is 7.40. The molecule has 0 aliphatic rings. The summed E-state index contributed by atoms with van der Waals surface area (Å²) in [6.45, 7) is 5.45. The molecule has 1 aromatic carbocycles. The first-order chi connectivity index (χ1) is 9.35. The van der Waals surface area contributed by atoms with Gasteiger partial charge in [0.1, 0.15) is 6.04 Å². The molecule has 0 aromatic heterocycles. The summed E-state index contributed by atoms with van der Waals surface area (Å²) >= 11 is 0. The molecule has 0 aliphatic carbocycles. The molecule has 2 N–H and O–H groups in total. The molecule has 1 aromatic rings. The Labute approximate surface area is 120 Å². The molecule has 5 nitrogen and oxygen atoms in total. The smallest absolute Gasteiger partial charge is 0.242 e. The number of carbonyl (C=O) groups excluding carboxylic acids is 1. The summed E-state index contributed by atoms with van der Waals surface area (Å²) < 4.78 is 26.3. The van der Waals surface area contributed by atoms with E-state index >= 15 is 0 Å². The van der Waals surface area contributed by atoms with E-state index in [1.165, 1.54) is 0 Å². The van der Waals surface area contributed by atoms with Gasteiger partial charge in [-0.1, -0.05) is 37.3 Å². The molecule has 0 radical (unpaired) electrons. The van der Waals surface area contributed by atoms with Crippen LogP contribution in [0.15, 0.2) is 30.3 Å². The minimum absolute atomic E-state index is 0.00525. The number of hydrogen-bond donors (Lipinski definition) is 2. The van der Waals surface area contributed by atoms with Gasteiger partial charge in [0, 0.05) is 6.04 Å². The molecule has 20 heavy (non-hydrogen) atoms. The lowest BCUT2D eigenvalue weighted by molar-refractivity contribution is -0.123. The van der Waals surface area contributed by atoms with Gasteiger partial charge in [-0.2, -0.15) is 4.72 Å². The third-order valence-corrected chi connectivity index (χ3v) is 4.14. The fourth-order valence-electron chi connectivity index (χ4n) is 1.79. The number of benzene rings is 1. The zero-order chi connectivity index (χ0) is 15.2. The van der Waals surface area contributed by atoms with Crippen LogP contribution in [0.2, 0.25) is 0 Å². The van der Waals surface area contributed by atoms with Gasteiger partial charge in [-0.25, -0.2) is 8.42 Å². The SMILES string of the molecule is CCCS(=O)(=O)N[C@H](C(=O)NC(C)C)c1ccccc1. The highest BCUT2D eigenvalue weighted by atomic mass is 32.2. The third-order valence-electron chi connectivity index (χ3n) is 2.60. The lowest BCUT2D eigenvalue weighted by atomic mass is 10.1. The van der Waals surface area contributed by atoms with Crippen LogP contribution in [0.25, 0.3) is 0 Å². The number of nitrogens with one attached hydrogen (secondary N) is 2. The molecule has 0 fully saturated rings. The fraction of sp³-hybridized carbons (Fsp3) is 0.500. The predicted molar refractivity (Wildman–Crippen MR) is 79.7 cm³/mol. The molecule has 0 saturated heterocycles. The van der Waals surface area contributed by atoms with Crippen LogP contribution in [0, 0.1) is 0 Å². The first-order valence-corrected chi connectivity index (χ1v) is 8.36. The van der Waals surface area contributed by atoms with Crippen LogP contribution < -0.4 is 10.0 Å². The predicted octanol–water partition coefficient (Wildman–Crippen LogP) is 1.58. The normalized spacial score (nSPS) is 13.2. The minimum atomic E-state index is -3.47. The third kappa shape index (κ3) is 5.30. The second-order valence-electron chi connectivity index (χ2n) is 4.94. The van der Waals surface area contributed by atoms with E-state index in [9.17, 15) is 13.2 Å². The topological polar surface area (TPSA) is 75.3 Å². The molecular formula is C14H22N2O3S. The van der Waals surface area contributed by atoms with Gasteiger partial charge in [0.25, 0.3) is 0 Å². The Hall–Kier alpha value is -1.40. The molecule has 0 heterocycles. The van der Waals surface area contributed by atoms with Crippen molar-refractivity contribution in [2.75, 3.05) is 5.75 Å². The second-order valence-corrected chi connectivity index (χ2v) is 6.82. The van der Waals surface area contributed by atoms with E-state index in [2.05, 4.69) is 10.0 Å². The number of carbonyl (C=O) groups is 1. The highest BCUT2D eigenvalue weighted by Crippen LogP contribution is 2.14. The molecule has 1 atom stereocenters. The molecule has 0 aliphatic heterocycles. The van der Waals surface area contributed by atoms with Crippen LogP contribution in [0.4, 0.5) is 0 Å². The molecule has 6 heteroatoms. The number of hydrogen-bond acceptors (Lipinski definition) is 3. The Kier molecular flexibility index (Phi) is 6.16. The van der Waals surface area contributed by atoms with Crippen LogP contribution in [-0.2, 0) is 14.8 Å². The van der Waals surface area contributed by atoms with Gasteiger partial charge < -0.3 is 5.32 Å². The highest BCUT2D eigenvalue weighted by molar-refractivity contribution is 7.89. The van der Waals surface area contributed by atoms with Gasteiger partial charge in [0.15, 0.2) is 0 Å². The van der Waals surface area contributed by atoms with Crippen molar-refractivity contribution in [3.05, 3.63) is 35.9 Å². The van der Waals surface area contributed by atoms with Gasteiger partial charge in [-0.3, -0.25) is 4.79 Å². The van der Waals surface area contributed by atoms with Crippen molar-refractivity contribution in [3.8, 4) is 0 Å². The van der Waals surface area contributed by atoms with Crippen LogP contribution in [0.1, 0.15) is 38.8 Å². The van der Waals surface area contributed by atoms with E-state index in [0.29, 0.717) is 12.0 Å². The first-order valence-electron chi connectivity index (χ1n) is 6.71. The van der Waals surface area contributed by atoms with E-state index in [1.807, 2.05) is 19.9 Å². The molecule has 1 amide bonds. The maximum atomic E-state index is 12.2. The van der Waals surface area contributed by atoms with Crippen molar-refractivity contribution in [3.63, 3.8) is 0 Å². The van der Waals surface area contributed by atoms with E-state index in [4.69, 9.17) is 0 Å². The van der Waals surface area contributed by atoms with Gasteiger partial charge in [0.05, 0.1) is 5.75 Å². The maximum Gasteiger partial charge on any atom is 0.242 e. The molecule has 0 saturated carbocycles. The Balaban J connectivity index is 3.00. The largest absolute Gasteiger partial charge is 0.352 e. The van der Waals surface area contributed by atoms with Crippen LogP contribution >= 0.6 is 0 Å². The summed E-state index contributed by atoms with van der Waals surface area (Å²) in [6.07, 6.45) is 0.503. The monoisotopic (exact) mass is 298 g/mol. The zero-order valence-corrected chi connectivity index (χ0v) is 12.9. The molecular weight excluding hydrogens is 276 g/mol. The number of sulfonamides is 1. The number of rotatable bonds is 7. The standard InChI is InChI=1S/C14H22N2O3S/c1-4-10-20(18,19)16-13(14(17)15-11(2)3)12-8-6-5-7-9-12/h5-9,11,13,16H,4,10H2,1-3H3,(H,15,17)/t13-/m0/s1. The van der Waals surface area contributed by atoms with Gasteiger partial charge in [-0.15, -0.1) is 0 Å². The lowest BCUT2D eigenvalue weighted by Gasteiger charge is -2.20. The zero-order valence-electron chi connectivity index (χ0n) is 12.1. The lowest BCUT2D eigenvalue weighted by Crippen LogP contribution is -2.43. The van der Waals surface area contributed by atoms with E-state index in [1.54, 1.807) is 31.2 Å². The van der Waals surface area contributed by atoms with Crippen molar-refractivity contribution < 1.29 is 13.2 Å². The Morgan fingerprint density at radius 3 is 2.30 bits per heavy atom. The minimum Gasteiger partial charge on any atom is -0.352 e. The van der Waals surface area contributed by atoms with E-state index < -0.39 is 16.1 Å². The van der Waals surface area contributed by atoms with Crippen LogP contribution in [-0.4, -0.2) is 26.1 Å². The van der Waals surface area contributed by atoms with Crippen molar-refractivity contribution in [2.45, 2.75) is 39.3 Å². The average molecular weight is 298 g/mol. The first kappa shape index (κ1) is 16.7. The van der Waals surface area contributed by atoms with Gasteiger partial charge >= 0.3 is 0 Å². The summed E-state index contributed by atoms with van der Waals surface area (Å²) in [7, 11) is -3.47. The summed E-state index contributed by atoms with van der Waals surface area (Å²) in [5.41, 5.74) is 0.630. The summed E-state index contributed by atoms with van der Waals surface area (Å²) in [5, 5.41) is 2.74. The van der Waals surface area contributed by atoms with Crippen molar-refractivity contribution in [1.82, 2.24) is 10.0 Å². The van der Waals surface area contributed by atoms with Crippen LogP contribution in [0.3, 0.4) is 0 Å². The molecule has 0 spiro atoms. The summed E-state index contributed by atoms with van der Waals surface area (Å²) in [4.78, 5) is 12.2. The van der Waals surface area contributed by atoms with Gasteiger partial charge in [0.2, 0.25) is 15.9 Å². The van der Waals surface area contributed by atoms with Crippen molar-refractivity contribution >= 4 is 15.9 Å². The summed E-state index contributed by atoms with van der Waals surface area (Å²) in [5.74, 6) is -0.337. The maximum absolute atomic E-state index is 12.2. The molecule has 0 unspecified atom stereocenters. The highest BCUT2D eigenvalue weighted by Gasteiger charge is 2.25. The van der Waals surface area contributed by atoms with E-state index in [0.717, 1.165) is 0 Å². The average Bonchev–Trinajstić information content (AvgIpc) is 2.36. The summed E-state index contributed by atoms with van der Waals surface area (Å²) in [6, 6.07) is 7.90. The van der Waals surface area contributed by atoms with Crippen molar-refractivity contribution in [2.24, 2.45) is 0 Å². The van der Waals surface area contributed by atoms with E-state index in [-0.39, 0.29) is 17.7 Å². The Morgan fingerprint density at radius 2 is 1.80 bits per heavy atom. The van der Waals surface area contributed by atoms with Crippen LogP contribution in [0.5, 0.6) is 0 Å². The molecule has 1 rings (SSSR count). The number of amides is 1. The van der Waals surface area contributed by atoms with Crippen molar-refractivity contribution in [1.29, 1.82) is 0 Å². The Bertz CT molecular complexity index is 527. The molecule has 0 bridgehead atoms. The fourth-order valence-corrected chi connectivity index (χ4v) is 3.05.